The van der Waals surface area contributed by atoms with Crippen molar-refractivity contribution in [1.82, 2.24) is 5.32 Å². The maximum atomic E-state index is 5.47. The maximum absolute atomic E-state index is 5.47. The smallest absolute Gasteiger partial charge is 0.130 e. The molecule has 0 saturated carbocycles. The summed E-state index contributed by atoms with van der Waals surface area (Å²) in [4.78, 5) is 0. The Balaban J connectivity index is 2.07. The Labute approximate surface area is 131 Å². The second kappa shape index (κ2) is 7.27. The molecule has 118 valence electrons. The van der Waals surface area contributed by atoms with Crippen LogP contribution in [0.1, 0.15) is 25.3 Å². The molecule has 1 saturated heterocycles. The summed E-state index contributed by atoms with van der Waals surface area (Å²) in [5.41, 5.74) is 1.03. The van der Waals surface area contributed by atoms with Crippen LogP contribution >= 0.6 is 11.8 Å². The van der Waals surface area contributed by atoms with Crippen molar-refractivity contribution >= 4 is 11.8 Å². The average molecular weight is 311 g/mol. The number of thioether (sulfide) groups is 1. The van der Waals surface area contributed by atoms with Crippen molar-refractivity contribution in [3.8, 4) is 17.2 Å². The number of hydrogen-bond donors (Lipinski definition) is 1. The second-order valence-electron chi connectivity index (χ2n) is 5.52. The second-order valence-corrected chi connectivity index (χ2v) is 7.20. The fraction of sp³-hybridized carbons (Fsp3) is 0.625. The summed E-state index contributed by atoms with van der Waals surface area (Å²) in [5, 5.41) is 3.55. The third-order valence-corrected chi connectivity index (χ3v) is 5.46. The lowest BCUT2D eigenvalue weighted by molar-refractivity contribution is 0.366. The summed E-state index contributed by atoms with van der Waals surface area (Å²) >= 11 is 2.06. The normalized spacial score (nSPS) is 21.3. The predicted molar refractivity (Wildman–Crippen MR) is 87.9 cm³/mol. The molecule has 0 aliphatic carbocycles. The molecule has 2 rings (SSSR count). The summed E-state index contributed by atoms with van der Waals surface area (Å²) in [6, 6.07) is 3.79. The molecular formula is C16H25NO3S. The fourth-order valence-corrected chi connectivity index (χ4v) is 3.95. The minimum Gasteiger partial charge on any atom is -0.496 e. The summed E-state index contributed by atoms with van der Waals surface area (Å²) in [7, 11) is 4.99. The molecule has 5 heteroatoms. The molecule has 0 radical (unpaired) electrons. The molecule has 4 nitrogen and oxygen atoms in total. The van der Waals surface area contributed by atoms with Crippen molar-refractivity contribution in [3.05, 3.63) is 17.7 Å². The van der Waals surface area contributed by atoms with Crippen LogP contribution in [0.2, 0.25) is 0 Å². The van der Waals surface area contributed by atoms with Crippen LogP contribution in [0.25, 0.3) is 0 Å². The van der Waals surface area contributed by atoms with Gasteiger partial charge in [-0.2, -0.15) is 11.8 Å². The van der Waals surface area contributed by atoms with E-state index in [9.17, 15) is 0 Å². The molecule has 1 aromatic carbocycles. The third kappa shape index (κ3) is 3.98. The van der Waals surface area contributed by atoms with E-state index in [0.29, 0.717) is 4.75 Å². The van der Waals surface area contributed by atoms with Gasteiger partial charge in [0.05, 0.1) is 26.9 Å². The van der Waals surface area contributed by atoms with Gasteiger partial charge in [0.25, 0.3) is 0 Å². The number of methoxy groups -OCH3 is 3. The SMILES string of the molecule is COc1cc(OC)c(CNCC2(C)CCCS2)c(OC)c1. The van der Waals surface area contributed by atoms with Gasteiger partial charge in [0.1, 0.15) is 17.2 Å². The van der Waals surface area contributed by atoms with Gasteiger partial charge in [-0.3, -0.25) is 0 Å². The summed E-state index contributed by atoms with van der Waals surface area (Å²) < 4.78 is 16.6. The molecule has 0 spiro atoms. The average Bonchev–Trinajstić information content (AvgIpc) is 2.93. The van der Waals surface area contributed by atoms with Crippen molar-refractivity contribution in [1.29, 1.82) is 0 Å². The van der Waals surface area contributed by atoms with Gasteiger partial charge in [0.2, 0.25) is 0 Å². The van der Waals surface area contributed by atoms with Crippen LogP contribution in [0.3, 0.4) is 0 Å². The zero-order chi connectivity index (χ0) is 15.3. The molecule has 0 aromatic heterocycles. The molecule has 1 heterocycles. The summed E-state index contributed by atoms with van der Waals surface area (Å²) in [6.45, 7) is 4.06. The molecule has 1 atom stereocenters. The zero-order valence-electron chi connectivity index (χ0n) is 13.3. The molecule has 1 aromatic rings. The standard InChI is InChI=1S/C16H25NO3S/c1-16(6-5-7-21-16)11-17-10-13-14(19-3)8-12(18-2)9-15(13)20-4/h8-9,17H,5-7,10-11H2,1-4H3. The molecule has 1 fully saturated rings. The molecular weight excluding hydrogens is 286 g/mol. The van der Waals surface area contributed by atoms with E-state index in [1.807, 2.05) is 12.1 Å². The van der Waals surface area contributed by atoms with Crippen LogP contribution in [0.4, 0.5) is 0 Å². The van der Waals surface area contributed by atoms with E-state index in [2.05, 4.69) is 24.0 Å². The van der Waals surface area contributed by atoms with Crippen molar-refractivity contribution < 1.29 is 14.2 Å². The van der Waals surface area contributed by atoms with Gasteiger partial charge in [0.15, 0.2) is 0 Å². The molecule has 0 amide bonds. The van der Waals surface area contributed by atoms with Crippen molar-refractivity contribution in [2.24, 2.45) is 0 Å². The van der Waals surface area contributed by atoms with E-state index in [4.69, 9.17) is 14.2 Å². The topological polar surface area (TPSA) is 39.7 Å². The van der Waals surface area contributed by atoms with Crippen molar-refractivity contribution in [2.75, 3.05) is 33.6 Å². The van der Waals surface area contributed by atoms with E-state index >= 15 is 0 Å². The highest BCUT2D eigenvalue weighted by Gasteiger charge is 2.29. The molecule has 1 aliphatic heterocycles. The number of ether oxygens (including phenoxy) is 3. The van der Waals surface area contributed by atoms with E-state index in [0.717, 1.165) is 35.9 Å². The first-order chi connectivity index (χ1) is 10.1. The largest absolute Gasteiger partial charge is 0.496 e. The highest BCUT2D eigenvalue weighted by Crippen LogP contribution is 2.38. The van der Waals surface area contributed by atoms with Gasteiger partial charge in [0, 0.05) is 30.0 Å². The van der Waals surface area contributed by atoms with Crippen LogP contribution in [-0.4, -0.2) is 38.4 Å². The Morgan fingerprint density at radius 3 is 2.29 bits per heavy atom. The minimum atomic E-state index is 0.354. The van der Waals surface area contributed by atoms with Gasteiger partial charge in [-0.25, -0.2) is 0 Å². The van der Waals surface area contributed by atoms with Crippen LogP contribution in [0.15, 0.2) is 12.1 Å². The van der Waals surface area contributed by atoms with Gasteiger partial charge in [-0.05, 0) is 25.5 Å². The van der Waals surface area contributed by atoms with E-state index < -0.39 is 0 Å². The molecule has 21 heavy (non-hydrogen) atoms. The first-order valence-electron chi connectivity index (χ1n) is 7.25. The van der Waals surface area contributed by atoms with Crippen molar-refractivity contribution in [3.63, 3.8) is 0 Å². The molecule has 0 bridgehead atoms. The van der Waals surface area contributed by atoms with Gasteiger partial charge in [-0.15, -0.1) is 0 Å². The van der Waals surface area contributed by atoms with Crippen LogP contribution in [0.5, 0.6) is 17.2 Å². The van der Waals surface area contributed by atoms with Gasteiger partial charge in [-0.1, -0.05) is 0 Å². The number of benzene rings is 1. The highest BCUT2D eigenvalue weighted by atomic mass is 32.2. The molecule has 1 unspecified atom stereocenters. The number of rotatable bonds is 7. The third-order valence-electron chi connectivity index (χ3n) is 3.92. The Morgan fingerprint density at radius 1 is 1.14 bits per heavy atom. The Hall–Kier alpha value is -1.07. The first-order valence-corrected chi connectivity index (χ1v) is 8.24. The van der Waals surface area contributed by atoms with E-state index in [1.165, 1.54) is 18.6 Å². The quantitative estimate of drug-likeness (QED) is 0.838. The lowest BCUT2D eigenvalue weighted by atomic mass is 10.1. The summed E-state index contributed by atoms with van der Waals surface area (Å²) in [5.74, 6) is 3.60. The number of hydrogen-bond acceptors (Lipinski definition) is 5. The Bertz CT molecular complexity index is 448. The lowest BCUT2D eigenvalue weighted by Crippen LogP contribution is -2.32. The van der Waals surface area contributed by atoms with Crippen LogP contribution in [-0.2, 0) is 6.54 Å². The fourth-order valence-electron chi connectivity index (χ4n) is 2.68. The van der Waals surface area contributed by atoms with Crippen molar-refractivity contribution in [2.45, 2.75) is 31.1 Å². The first kappa shape index (κ1) is 16.3. The van der Waals surface area contributed by atoms with E-state index in [-0.39, 0.29) is 0 Å². The van der Waals surface area contributed by atoms with Crippen LogP contribution in [0, 0.1) is 0 Å². The summed E-state index contributed by atoms with van der Waals surface area (Å²) in [6.07, 6.45) is 2.60. The minimum absolute atomic E-state index is 0.354. The maximum Gasteiger partial charge on any atom is 0.130 e. The zero-order valence-corrected chi connectivity index (χ0v) is 14.1. The highest BCUT2D eigenvalue weighted by molar-refractivity contribution is 8.00. The Morgan fingerprint density at radius 2 is 1.81 bits per heavy atom. The predicted octanol–water partition coefficient (Wildman–Crippen LogP) is 3.09. The lowest BCUT2D eigenvalue weighted by Gasteiger charge is -2.24. The Kier molecular flexibility index (Phi) is 5.65. The van der Waals surface area contributed by atoms with E-state index in [1.54, 1.807) is 21.3 Å². The monoisotopic (exact) mass is 311 g/mol. The molecule has 1 aliphatic rings. The number of nitrogens with one attached hydrogen (secondary N) is 1. The van der Waals surface area contributed by atoms with Gasteiger partial charge >= 0.3 is 0 Å². The van der Waals surface area contributed by atoms with Gasteiger partial charge < -0.3 is 19.5 Å². The van der Waals surface area contributed by atoms with Crippen LogP contribution < -0.4 is 19.5 Å². The molecule has 1 N–H and O–H groups in total.